The molecule has 0 amide bonds. The first kappa shape index (κ1) is 11.6. The van der Waals surface area contributed by atoms with Gasteiger partial charge in [0.25, 0.3) is 0 Å². The van der Waals surface area contributed by atoms with Crippen molar-refractivity contribution in [2.45, 2.75) is 38.5 Å². The lowest BCUT2D eigenvalue weighted by Gasteiger charge is -2.33. The third-order valence-electron chi connectivity index (χ3n) is 3.59. The molecule has 3 heteroatoms. The molecule has 16 heavy (non-hydrogen) atoms. The monoisotopic (exact) mass is 223 g/mol. The number of nitrogens with zero attached hydrogens (tertiary/aromatic N) is 1. The van der Waals surface area contributed by atoms with Crippen molar-refractivity contribution in [2.75, 3.05) is 6.54 Å². The minimum atomic E-state index is -0.270. The molecule has 1 heterocycles. The number of likely N-dealkylation sites (tertiary alicyclic amines) is 1. The summed E-state index contributed by atoms with van der Waals surface area (Å²) in [5.41, 5.74) is 0.901. The van der Waals surface area contributed by atoms with E-state index in [9.17, 15) is 9.50 Å². The second-order valence-electron chi connectivity index (χ2n) is 5.01. The van der Waals surface area contributed by atoms with Gasteiger partial charge >= 0.3 is 0 Å². The Kier molecular flexibility index (Phi) is 3.00. The summed E-state index contributed by atoms with van der Waals surface area (Å²) < 4.78 is 12.8. The molecule has 1 atom stereocenters. The largest absolute Gasteiger partial charge is 0.391 e. The molecule has 1 fully saturated rings. The zero-order chi connectivity index (χ0) is 11.8. The maximum absolute atomic E-state index is 12.8. The molecule has 0 radical (unpaired) electrons. The normalized spacial score (nSPS) is 24.9. The second-order valence-corrected chi connectivity index (χ2v) is 5.01. The van der Waals surface area contributed by atoms with Crippen LogP contribution in [0.2, 0.25) is 0 Å². The van der Waals surface area contributed by atoms with Crippen molar-refractivity contribution in [3.05, 3.63) is 35.6 Å². The predicted molar refractivity (Wildman–Crippen MR) is 61.5 cm³/mol. The summed E-state index contributed by atoms with van der Waals surface area (Å²) in [5, 5.41) is 9.85. The van der Waals surface area contributed by atoms with Crippen molar-refractivity contribution >= 4 is 0 Å². The first-order chi connectivity index (χ1) is 7.50. The SMILES string of the molecule is CC1(C)C(O)CCN1Cc1ccc(F)cc1. The van der Waals surface area contributed by atoms with Crippen LogP contribution in [0.25, 0.3) is 0 Å². The molecule has 1 saturated heterocycles. The van der Waals surface area contributed by atoms with Crippen molar-refractivity contribution in [2.24, 2.45) is 0 Å². The Balaban J connectivity index is 2.08. The second kappa shape index (κ2) is 4.15. The maximum Gasteiger partial charge on any atom is 0.123 e. The van der Waals surface area contributed by atoms with E-state index in [-0.39, 0.29) is 17.5 Å². The van der Waals surface area contributed by atoms with Crippen LogP contribution in [0.3, 0.4) is 0 Å². The van der Waals surface area contributed by atoms with Crippen LogP contribution >= 0.6 is 0 Å². The van der Waals surface area contributed by atoms with E-state index in [0.29, 0.717) is 0 Å². The molecule has 1 unspecified atom stereocenters. The minimum Gasteiger partial charge on any atom is -0.391 e. The van der Waals surface area contributed by atoms with Crippen LogP contribution in [-0.4, -0.2) is 28.2 Å². The molecule has 88 valence electrons. The molecule has 0 saturated carbocycles. The Morgan fingerprint density at radius 2 is 2.00 bits per heavy atom. The van der Waals surface area contributed by atoms with Crippen molar-refractivity contribution < 1.29 is 9.50 Å². The molecule has 1 aliphatic heterocycles. The lowest BCUT2D eigenvalue weighted by atomic mass is 9.98. The third-order valence-corrected chi connectivity index (χ3v) is 3.59. The molecule has 2 nitrogen and oxygen atoms in total. The van der Waals surface area contributed by atoms with Crippen molar-refractivity contribution in [3.63, 3.8) is 0 Å². The van der Waals surface area contributed by atoms with E-state index in [4.69, 9.17) is 0 Å². The Bertz CT molecular complexity index is 361. The zero-order valence-corrected chi connectivity index (χ0v) is 9.78. The lowest BCUT2D eigenvalue weighted by Crippen LogP contribution is -2.44. The van der Waals surface area contributed by atoms with Gasteiger partial charge in [0.2, 0.25) is 0 Å². The van der Waals surface area contributed by atoms with Gasteiger partial charge in [-0.3, -0.25) is 4.90 Å². The van der Waals surface area contributed by atoms with E-state index in [1.165, 1.54) is 12.1 Å². The van der Waals surface area contributed by atoms with Crippen LogP contribution in [0, 0.1) is 5.82 Å². The number of hydrogen-bond donors (Lipinski definition) is 1. The van der Waals surface area contributed by atoms with Crippen molar-refractivity contribution in [1.29, 1.82) is 0 Å². The van der Waals surface area contributed by atoms with Gasteiger partial charge in [-0.25, -0.2) is 4.39 Å². The first-order valence-corrected chi connectivity index (χ1v) is 5.68. The standard InChI is InChI=1S/C13H18FNO/c1-13(2)12(16)7-8-15(13)9-10-3-5-11(14)6-4-10/h3-6,12,16H,7-9H2,1-2H3. The first-order valence-electron chi connectivity index (χ1n) is 5.68. The fraction of sp³-hybridized carbons (Fsp3) is 0.538. The average molecular weight is 223 g/mol. The highest BCUT2D eigenvalue weighted by Gasteiger charge is 2.39. The number of benzene rings is 1. The number of hydrogen-bond acceptors (Lipinski definition) is 2. The topological polar surface area (TPSA) is 23.5 Å². The summed E-state index contributed by atoms with van der Waals surface area (Å²) in [6.07, 6.45) is 0.543. The maximum atomic E-state index is 12.8. The summed E-state index contributed by atoms with van der Waals surface area (Å²) >= 11 is 0. The fourth-order valence-corrected chi connectivity index (χ4v) is 2.22. The number of aliphatic hydroxyl groups excluding tert-OH is 1. The Morgan fingerprint density at radius 3 is 2.50 bits per heavy atom. The summed E-state index contributed by atoms with van der Waals surface area (Å²) in [4.78, 5) is 2.24. The Labute approximate surface area is 95.7 Å². The van der Waals surface area contributed by atoms with Crippen LogP contribution in [0.15, 0.2) is 24.3 Å². The summed E-state index contributed by atoms with van der Waals surface area (Å²) in [7, 11) is 0. The summed E-state index contributed by atoms with van der Waals surface area (Å²) in [6.45, 7) is 5.76. The van der Waals surface area contributed by atoms with Crippen LogP contribution in [0.4, 0.5) is 4.39 Å². The molecule has 1 aromatic rings. The summed E-state index contributed by atoms with van der Waals surface area (Å²) in [6, 6.07) is 6.57. The highest BCUT2D eigenvalue weighted by Crippen LogP contribution is 2.30. The van der Waals surface area contributed by atoms with Crippen LogP contribution in [0.5, 0.6) is 0 Å². The Morgan fingerprint density at radius 1 is 1.38 bits per heavy atom. The molecule has 0 bridgehead atoms. The van der Waals surface area contributed by atoms with Crippen LogP contribution < -0.4 is 0 Å². The van der Waals surface area contributed by atoms with E-state index in [0.717, 1.165) is 25.1 Å². The molecule has 2 rings (SSSR count). The van der Waals surface area contributed by atoms with Crippen molar-refractivity contribution in [3.8, 4) is 0 Å². The zero-order valence-electron chi connectivity index (χ0n) is 9.78. The predicted octanol–water partition coefficient (Wildman–Crippen LogP) is 2.17. The number of rotatable bonds is 2. The Hall–Kier alpha value is -0.930. The van der Waals surface area contributed by atoms with Gasteiger partial charge in [0.1, 0.15) is 5.82 Å². The van der Waals surface area contributed by atoms with E-state index >= 15 is 0 Å². The number of aliphatic hydroxyl groups is 1. The van der Waals surface area contributed by atoms with Gasteiger partial charge in [0.05, 0.1) is 6.10 Å². The highest BCUT2D eigenvalue weighted by atomic mass is 19.1. The highest BCUT2D eigenvalue weighted by molar-refractivity contribution is 5.17. The minimum absolute atomic E-state index is 0.186. The van der Waals surface area contributed by atoms with Gasteiger partial charge in [-0.1, -0.05) is 12.1 Å². The van der Waals surface area contributed by atoms with Gasteiger partial charge in [-0.15, -0.1) is 0 Å². The van der Waals surface area contributed by atoms with Crippen molar-refractivity contribution in [1.82, 2.24) is 4.90 Å². The molecule has 0 spiro atoms. The fourth-order valence-electron chi connectivity index (χ4n) is 2.22. The van der Waals surface area contributed by atoms with E-state index in [1.54, 1.807) is 12.1 Å². The van der Waals surface area contributed by atoms with Gasteiger partial charge in [0, 0.05) is 18.6 Å². The van der Waals surface area contributed by atoms with Crippen LogP contribution in [-0.2, 0) is 6.54 Å². The van der Waals surface area contributed by atoms with E-state index < -0.39 is 0 Å². The summed E-state index contributed by atoms with van der Waals surface area (Å²) in [5.74, 6) is -0.204. The molecule has 1 aromatic carbocycles. The quantitative estimate of drug-likeness (QED) is 0.830. The smallest absolute Gasteiger partial charge is 0.123 e. The molecular weight excluding hydrogens is 205 g/mol. The molecule has 0 aromatic heterocycles. The average Bonchev–Trinajstić information content (AvgIpc) is 2.48. The van der Waals surface area contributed by atoms with Gasteiger partial charge in [-0.2, -0.15) is 0 Å². The molecule has 1 N–H and O–H groups in total. The van der Waals surface area contributed by atoms with Gasteiger partial charge in [0.15, 0.2) is 0 Å². The van der Waals surface area contributed by atoms with E-state index in [2.05, 4.69) is 4.90 Å². The van der Waals surface area contributed by atoms with Crippen LogP contribution in [0.1, 0.15) is 25.8 Å². The molecule has 1 aliphatic rings. The third kappa shape index (κ3) is 2.11. The van der Waals surface area contributed by atoms with E-state index in [1.807, 2.05) is 13.8 Å². The molecule has 0 aliphatic carbocycles. The molecular formula is C13H18FNO. The number of halogens is 1. The lowest BCUT2D eigenvalue weighted by molar-refractivity contribution is 0.0506. The van der Waals surface area contributed by atoms with Gasteiger partial charge < -0.3 is 5.11 Å². The van der Waals surface area contributed by atoms with Gasteiger partial charge in [-0.05, 0) is 38.0 Å².